The van der Waals surface area contributed by atoms with Crippen LogP contribution in [0.15, 0.2) is 23.0 Å². The highest BCUT2D eigenvalue weighted by atomic mass is 16.6. The highest BCUT2D eigenvalue weighted by molar-refractivity contribution is 5.95. The van der Waals surface area contributed by atoms with Crippen molar-refractivity contribution in [2.75, 3.05) is 6.61 Å². The molecule has 5 N–H and O–H groups in total. The van der Waals surface area contributed by atoms with E-state index in [1.54, 1.807) is 13.8 Å². The fourth-order valence-corrected chi connectivity index (χ4v) is 8.22. The van der Waals surface area contributed by atoms with Crippen LogP contribution < -0.4 is 0 Å². The van der Waals surface area contributed by atoms with Crippen molar-refractivity contribution in [1.82, 2.24) is 0 Å². The van der Waals surface area contributed by atoms with Crippen LogP contribution in [0.3, 0.4) is 0 Å². The first-order valence-corrected chi connectivity index (χ1v) is 12.9. The van der Waals surface area contributed by atoms with Crippen LogP contribution >= 0.6 is 0 Å². The number of aliphatic hydroxyl groups is 4. The number of carbonyl (C=O) groups excluding carboxylic acids is 3. The molecule has 10 atom stereocenters. The summed E-state index contributed by atoms with van der Waals surface area (Å²) in [4.78, 5) is 51.9. The smallest absolute Gasteiger partial charge is 0.348 e. The predicted octanol–water partition coefficient (Wildman–Crippen LogP) is 0.180. The van der Waals surface area contributed by atoms with E-state index in [0.29, 0.717) is 5.57 Å². The molecule has 5 aliphatic rings. The third kappa shape index (κ3) is 3.38. The summed E-state index contributed by atoms with van der Waals surface area (Å²) in [5, 5.41) is 53.9. The van der Waals surface area contributed by atoms with E-state index < -0.39 is 93.7 Å². The lowest BCUT2D eigenvalue weighted by Crippen LogP contribution is -2.79. The van der Waals surface area contributed by atoms with Gasteiger partial charge in [-0.3, -0.25) is 4.79 Å². The number of carbonyl (C=O) groups is 4. The maximum Gasteiger partial charge on any atom is 0.348 e. The summed E-state index contributed by atoms with van der Waals surface area (Å²) in [6.07, 6.45) is -5.74. The molecule has 1 spiro atoms. The summed E-state index contributed by atoms with van der Waals surface area (Å²) < 4.78 is 17.2. The average Bonchev–Trinajstić information content (AvgIpc) is 3.13. The molecule has 0 aromatic rings. The third-order valence-corrected chi connectivity index (χ3v) is 10.2. The molecule has 0 aromatic heterocycles. The van der Waals surface area contributed by atoms with Crippen LogP contribution in [0.2, 0.25) is 0 Å². The average molecular weight is 551 g/mol. The Labute approximate surface area is 224 Å². The van der Waals surface area contributed by atoms with Crippen molar-refractivity contribution in [2.45, 2.75) is 83.1 Å². The van der Waals surface area contributed by atoms with E-state index in [-0.39, 0.29) is 25.0 Å². The van der Waals surface area contributed by atoms with E-state index >= 15 is 0 Å². The van der Waals surface area contributed by atoms with Crippen LogP contribution in [0.1, 0.15) is 47.5 Å². The number of allylic oxidation sites excluding steroid dienone is 2. The maximum absolute atomic E-state index is 13.4. The van der Waals surface area contributed by atoms with Gasteiger partial charge in [-0.1, -0.05) is 6.92 Å². The lowest BCUT2D eigenvalue weighted by atomic mass is 9.38. The summed E-state index contributed by atoms with van der Waals surface area (Å²) in [5.74, 6) is -7.72. The normalized spacial score (nSPS) is 45.3. The van der Waals surface area contributed by atoms with Gasteiger partial charge in [-0.05, 0) is 56.6 Å². The molecule has 0 aromatic carbocycles. The summed E-state index contributed by atoms with van der Waals surface area (Å²) in [6, 6.07) is 0. The highest BCUT2D eigenvalue weighted by Crippen LogP contribution is 2.72. The van der Waals surface area contributed by atoms with Gasteiger partial charge in [-0.15, -0.1) is 0 Å². The van der Waals surface area contributed by atoms with Crippen LogP contribution in [0, 0.1) is 28.6 Å². The highest BCUT2D eigenvalue weighted by Gasteiger charge is 2.85. The zero-order valence-corrected chi connectivity index (χ0v) is 22.3. The molecular weight excluding hydrogens is 516 g/mol. The van der Waals surface area contributed by atoms with Crippen LogP contribution in [0.25, 0.3) is 0 Å². The number of aliphatic carboxylic acids is 1. The monoisotopic (exact) mass is 550 g/mol. The van der Waals surface area contributed by atoms with Gasteiger partial charge in [0, 0.05) is 23.8 Å². The van der Waals surface area contributed by atoms with E-state index in [4.69, 9.17) is 14.2 Å². The molecule has 0 radical (unpaired) electrons. The van der Waals surface area contributed by atoms with Crippen LogP contribution in [0.4, 0.5) is 0 Å². The van der Waals surface area contributed by atoms with Crippen LogP contribution in [-0.4, -0.2) is 91.4 Å². The summed E-state index contributed by atoms with van der Waals surface area (Å²) in [5.41, 5.74) is -5.85. The maximum atomic E-state index is 13.4. The quantitative estimate of drug-likeness (QED) is 0.235. The van der Waals surface area contributed by atoms with Gasteiger partial charge in [0.2, 0.25) is 11.7 Å². The number of fused-ring (bicyclic) bond motifs is 2. The number of rotatable bonds is 4. The van der Waals surface area contributed by atoms with Crippen molar-refractivity contribution < 1.29 is 58.9 Å². The fraction of sp³-hybridized carbons (Fsp3) is 0.704. The van der Waals surface area contributed by atoms with Crippen molar-refractivity contribution in [1.29, 1.82) is 0 Å². The number of hydrogen-bond acceptors (Lipinski definition) is 11. The Morgan fingerprint density at radius 3 is 2.41 bits per heavy atom. The summed E-state index contributed by atoms with van der Waals surface area (Å²) in [7, 11) is 0. The van der Waals surface area contributed by atoms with E-state index in [0.717, 1.165) is 6.08 Å². The minimum atomic E-state index is -2.51. The Balaban J connectivity index is 1.68. The molecule has 2 saturated heterocycles. The van der Waals surface area contributed by atoms with Crippen molar-refractivity contribution in [3.63, 3.8) is 0 Å². The molecule has 2 heterocycles. The van der Waals surface area contributed by atoms with Gasteiger partial charge in [-0.25, -0.2) is 14.4 Å². The molecule has 2 aliphatic heterocycles. The molecule has 12 heteroatoms. The molecule has 2 saturated carbocycles. The Kier molecular flexibility index (Phi) is 5.95. The molecule has 39 heavy (non-hydrogen) atoms. The number of esters is 2. The lowest BCUT2D eigenvalue weighted by molar-refractivity contribution is -0.289. The first-order chi connectivity index (χ1) is 17.9. The van der Waals surface area contributed by atoms with E-state index in [9.17, 15) is 44.7 Å². The van der Waals surface area contributed by atoms with Crippen molar-refractivity contribution in [3.05, 3.63) is 23.0 Å². The molecule has 3 aliphatic carbocycles. The molecule has 214 valence electrons. The zero-order chi connectivity index (χ0) is 29.0. The third-order valence-electron chi connectivity index (χ3n) is 10.2. The Bertz CT molecular complexity index is 1230. The van der Waals surface area contributed by atoms with Gasteiger partial charge in [0.25, 0.3) is 0 Å². The number of ether oxygens (including phenoxy) is 3. The zero-order valence-electron chi connectivity index (χ0n) is 22.3. The second-order valence-electron chi connectivity index (χ2n) is 12.5. The van der Waals surface area contributed by atoms with Gasteiger partial charge in [-0.2, -0.15) is 0 Å². The first-order valence-electron chi connectivity index (χ1n) is 12.9. The summed E-state index contributed by atoms with van der Waals surface area (Å²) >= 11 is 0. The number of carboxylic acids is 1. The number of aliphatic hydroxyl groups excluding tert-OH is 3. The van der Waals surface area contributed by atoms with E-state index in [1.165, 1.54) is 20.8 Å². The van der Waals surface area contributed by atoms with E-state index in [1.807, 2.05) is 0 Å². The second kappa shape index (κ2) is 8.35. The molecule has 2 unspecified atom stereocenters. The number of Topliss-reactive ketones (excluding diaryl/α,β-unsaturated/α-hetero) is 1. The van der Waals surface area contributed by atoms with Gasteiger partial charge in [0.05, 0.1) is 24.2 Å². The summed E-state index contributed by atoms with van der Waals surface area (Å²) in [6.45, 7) is 7.33. The Morgan fingerprint density at radius 2 is 1.82 bits per heavy atom. The number of ketones is 1. The fourth-order valence-electron chi connectivity index (χ4n) is 8.22. The topological polar surface area (TPSA) is 197 Å². The van der Waals surface area contributed by atoms with Gasteiger partial charge < -0.3 is 39.7 Å². The second-order valence-corrected chi connectivity index (χ2v) is 12.5. The number of hydrogen-bond donors (Lipinski definition) is 5. The number of carboxylic acid groups (broad SMARTS) is 1. The van der Waals surface area contributed by atoms with Crippen molar-refractivity contribution >= 4 is 23.7 Å². The predicted molar refractivity (Wildman–Crippen MR) is 129 cm³/mol. The van der Waals surface area contributed by atoms with Gasteiger partial charge >= 0.3 is 17.9 Å². The van der Waals surface area contributed by atoms with E-state index in [2.05, 4.69) is 0 Å². The molecule has 4 fully saturated rings. The Morgan fingerprint density at radius 1 is 1.18 bits per heavy atom. The minimum absolute atomic E-state index is 0.0959. The first kappa shape index (κ1) is 27.8. The van der Waals surface area contributed by atoms with Gasteiger partial charge in [0.1, 0.15) is 12.2 Å². The van der Waals surface area contributed by atoms with Gasteiger partial charge in [0.15, 0.2) is 11.5 Å². The molecule has 5 rings (SSSR count). The Hall–Kier alpha value is -2.80. The molecular formula is C27H34O12. The largest absolute Gasteiger partial charge is 0.504 e. The lowest BCUT2D eigenvalue weighted by Gasteiger charge is -2.67. The SMILES string of the molecule is CC1=C(O)C(=O)C[C@@]2(C)[C@H]1C[C@H]1OC(=O)[C@H](OC(=O)/C=C(\C)C(C)(C)O)C3C14CO[C@]3(C(=O)O)[C@@H](O)[C@H](O)[C@@H]42. The standard InChI is InChI=1S/C27H34O12/c1-10(24(3,4)36)6-15(29)39-18-20-26-9-37-27(20,23(34)35)21(32)17(31)19(26)25(5)8-13(28)16(30)11(2)12(25)7-14(26)38-22(18)33/h6,12,14,17-21,30-32,36H,7-9H2,1-5H3,(H,34,35)/b10-6+/t12-,14+,17+,18+,19+,20?,21-,25-,26?,27-/m0/s1. The van der Waals surface area contributed by atoms with Crippen molar-refractivity contribution in [3.8, 4) is 0 Å². The molecule has 12 nitrogen and oxygen atoms in total. The molecule has 2 bridgehead atoms. The molecule has 0 amide bonds. The van der Waals surface area contributed by atoms with Crippen molar-refractivity contribution in [2.24, 2.45) is 28.6 Å². The van der Waals surface area contributed by atoms with Crippen LogP contribution in [-0.2, 0) is 33.4 Å². The van der Waals surface area contributed by atoms with Crippen LogP contribution in [0.5, 0.6) is 0 Å². The minimum Gasteiger partial charge on any atom is -0.504 e.